The van der Waals surface area contributed by atoms with Gasteiger partial charge in [-0.25, -0.2) is 14.8 Å². The van der Waals surface area contributed by atoms with Crippen LogP contribution in [-0.2, 0) is 19.7 Å². The van der Waals surface area contributed by atoms with Gasteiger partial charge in [-0.1, -0.05) is 32.9 Å². The summed E-state index contributed by atoms with van der Waals surface area (Å²) in [6, 6.07) is 7.34. The van der Waals surface area contributed by atoms with Crippen LogP contribution in [0.5, 0.6) is 17.5 Å². The molecule has 4 rings (SSSR count). The summed E-state index contributed by atoms with van der Waals surface area (Å²) in [5, 5.41) is 9.59. The highest BCUT2D eigenvalue weighted by molar-refractivity contribution is 7.75. The lowest BCUT2D eigenvalue weighted by molar-refractivity contribution is 0.0113. The molecule has 0 radical (unpaired) electrons. The highest BCUT2D eigenvalue weighted by atomic mass is 32.2. The molecule has 0 bridgehead atoms. The van der Waals surface area contributed by atoms with E-state index in [2.05, 4.69) is 9.97 Å². The molecule has 1 amide bonds. The number of hydrogen-bond acceptors (Lipinski definition) is 8. The molecular weight excluding hydrogens is 474 g/mol. The van der Waals surface area contributed by atoms with Crippen LogP contribution in [0.2, 0.25) is 0 Å². The molecule has 0 unspecified atom stereocenters. The SMILES string of the molecule is Cc1c(Oc2ccc(C3COS(=O)OC3)cc2)ncnc1O[C@H]1CCN(C(=O)O)[C@@H](C(C)(C)C)C1. The number of rotatable bonds is 5. The van der Waals surface area contributed by atoms with E-state index in [1.807, 2.05) is 52.0 Å². The van der Waals surface area contributed by atoms with Crippen molar-refractivity contribution >= 4 is 17.5 Å². The Morgan fingerprint density at radius 3 is 2.43 bits per heavy atom. The fourth-order valence-electron chi connectivity index (χ4n) is 4.36. The van der Waals surface area contributed by atoms with Crippen molar-refractivity contribution in [3.63, 3.8) is 0 Å². The molecule has 11 heteroatoms. The fraction of sp³-hybridized carbons (Fsp3) is 0.542. The normalized spacial score (nSPS) is 25.2. The maximum atomic E-state index is 11.7. The minimum Gasteiger partial charge on any atom is -0.474 e. The van der Waals surface area contributed by atoms with Crippen LogP contribution in [0.3, 0.4) is 0 Å². The van der Waals surface area contributed by atoms with Crippen LogP contribution < -0.4 is 9.47 Å². The molecule has 1 aromatic carbocycles. The zero-order chi connectivity index (χ0) is 25.2. The molecule has 1 aromatic heterocycles. The molecule has 2 atom stereocenters. The van der Waals surface area contributed by atoms with Crippen LogP contribution in [0.15, 0.2) is 30.6 Å². The minimum absolute atomic E-state index is 0.00649. The first-order chi connectivity index (χ1) is 16.6. The lowest BCUT2D eigenvalue weighted by atomic mass is 9.80. The number of benzene rings is 1. The van der Waals surface area contributed by atoms with Crippen LogP contribution in [0.25, 0.3) is 0 Å². The predicted octanol–water partition coefficient (Wildman–Crippen LogP) is 4.22. The molecule has 1 N–H and O–H groups in total. The van der Waals surface area contributed by atoms with Gasteiger partial charge in [0, 0.05) is 31.3 Å². The summed E-state index contributed by atoms with van der Waals surface area (Å²) in [7, 11) is 0. The van der Waals surface area contributed by atoms with Crippen molar-refractivity contribution in [2.75, 3.05) is 19.8 Å². The number of hydrogen-bond donors (Lipinski definition) is 1. The van der Waals surface area contributed by atoms with Crippen molar-refractivity contribution < 1.29 is 31.9 Å². The third kappa shape index (κ3) is 6.09. The Balaban J connectivity index is 1.42. The molecular formula is C24H31N3O7S. The average Bonchev–Trinajstić information content (AvgIpc) is 2.82. The molecule has 35 heavy (non-hydrogen) atoms. The third-order valence-corrected chi connectivity index (χ3v) is 7.02. The molecule has 0 saturated carbocycles. The van der Waals surface area contributed by atoms with Gasteiger partial charge < -0.3 is 19.5 Å². The summed E-state index contributed by atoms with van der Waals surface area (Å²) in [5.74, 6) is 1.42. The molecule has 190 valence electrons. The van der Waals surface area contributed by atoms with Gasteiger partial charge >= 0.3 is 17.5 Å². The molecule has 2 aromatic rings. The van der Waals surface area contributed by atoms with E-state index in [-0.39, 0.29) is 23.5 Å². The summed E-state index contributed by atoms with van der Waals surface area (Å²) >= 11 is -1.66. The van der Waals surface area contributed by atoms with Gasteiger partial charge in [0.15, 0.2) is 0 Å². The number of piperidine rings is 1. The molecule has 0 aliphatic carbocycles. The molecule has 2 fully saturated rings. The van der Waals surface area contributed by atoms with Crippen LogP contribution in [-0.4, -0.2) is 62.2 Å². The van der Waals surface area contributed by atoms with E-state index < -0.39 is 17.5 Å². The highest BCUT2D eigenvalue weighted by Gasteiger charge is 2.39. The second-order valence-corrected chi connectivity index (χ2v) is 10.8. The number of carboxylic acid groups (broad SMARTS) is 1. The summed E-state index contributed by atoms with van der Waals surface area (Å²) < 4.78 is 33.5. The zero-order valence-corrected chi connectivity index (χ0v) is 21.1. The maximum Gasteiger partial charge on any atom is 0.407 e. The van der Waals surface area contributed by atoms with Gasteiger partial charge in [0.25, 0.3) is 0 Å². The van der Waals surface area contributed by atoms with E-state index in [4.69, 9.17) is 17.8 Å². The molecule has 10 nitrogen and oxygen atoms in total. The molecule has 2 saturated heterocycles. The zero-order valence-electron chi connectivity index (χ0n) is 20.3. The third-order valence-electron chi connectivity index (χ3n) is 6.37. The Kier molecular flexibility index (Phi) is 7.58. The lowest BCUT2D eigenvalue weighted by Crippen LogP contribution is -2.53. The predicted molar refractivity (Wildman–Crippen MR) is 128 cm³/mol. The number of amides is 1. The van der Waals surface area contributed by atoms with Crippen molar-refractivity contribution in [1.29, 1.82) is 0 Å². The summed E-state index contributed by atoms with van der Waals surface area (Å²) in [4.78, 5) is 21.8. The number of nitrogens with zero attached hydrogens (tertiary/aromatic N) is 3. The molecule has 0 spiro atoms. The fourth-order valence-corrected chi connectivity index (χ4v) is 4.98. The summed E-state index contributed by atoms with van der Waals surface area (Å²) in [6.45, 7) is 9.04. The highest BCUT2D eigenvalue weighted by Crippen LogP contribution is 2.35. The average molecular weight is 506 g/mol. The van der Waals surface area contributed by atoms with Crippen molar-refractivity contribution in [1.82, 2.24) is 14.9 Å². The number of likely N-dealkylation sites (tertiary alicyclic amines) is 1. The van der Waals surface area contributed by atoms with E-state index in [9.17, 15) is 14.1 Å². The first-order valence-corrected chi connectivity index (χ1v) is 12.6. The van der Waals surface area contributed by atoms with E-state index in [1.165, 1.54) is 11.2 Å². The maximum absolute atomic E-state index is 11.7. The topological polar surface area (TPSA) is 120 Å². The molecule has 2 aliphatic heterocycles. The van der Waals surface area contributed by atoms with Gasteiger partial charge in [-0.2, -0.15) is 4.21 Å². The number of aromatic nitrogens is 2. The molecule has 2 aliphatic rings. The second-order valence-electron chi connectivity index (χ2n) is 9.87. The van der Waals surface area contributed by atoms with E-state index >= 15 is 0 Å². The quantitative estimate of drug-likeness (QED) is 0.636. The van der Waals surface area contributed by atoms with Crippen molar-refractivity contribution in [2.24, 2.45) is 5.41 Å². The summed E-state index contributed by atoms with van der Waals surface area (Å²) in [5.41, 5.74) is 1.45. The Morgan fingerprint density at radius 2 is 1.80 bits per heavy atom. The van der Waals surface area contributed by atoms with Crippen LogP contribution >= 0.6 is 0 Å². The standard InChI is InChI=1S/C24H31N3O7S/c1-15-21(33-18-7-5-16(6-8-18)17-12-31-35(30)32-13-17)25-14-26-22(15)34-19-9-10-27(23(28)29)20(11-19)24(2,3)4/h5-8,14,17,19-20H,9-13H2,1-4H3,(H,28,29)/t17?,19-,20+,35?/m0/s1. The Labute approximate surface area is 207 Å². The van der Waals surface area contributed by atoms with Crippen LogP contribution in [0, 0.1) is 12.3 Å². The Morgan fingerprint density at radius 1 is 1.14 bits per heavy atom. The monoisotopic (exact) mass is 505 g/mol. The smallest absolute Gasteiger partial charge is 0.407 e. The van der Waals surface area contributed by atoms with E-state index in [0.717, 1.165) is 5.56 Å². The number of carbonyl (C=O) groups is 1. The largest absolute Gasteiger partial charge is 0.474 e. The van der Waals surface area contributed by atoms with Gasteiger partial charge in [0.1, 0.15) is 18.2 Å². The van der Waals surface area contributed by atoms with Gasteiger partial charge in [-0.3, -0.25) is 8.37 Å². The number of ether oxygens (including phenoxy) is 2. The van der Waals surface area contributed by atoms with E-state index in [0.29, 0.717) is 55.7 Å². The van der Waals surface area contributed by atoms with Gasteiger partial charge in [0.05, 0.1) is 18.8 Å². The first-order valence-electron chi connectivity index (χ1n) is 11.6. The van der Waals surface area contributed by atoms with Gasteiger partial charge in [-0.05, 0) is 30.0 Å². The van der Waals surface area contributed by atoms with Gasteiger partial charge in [-0.15, -0.1) is 0 Å². The second kappa shape index (κ2) is 10.5. The summed E-state index contributed by atoms with van der Waals surface area (Å²) in [6.07, 6.45) is 1.50. The van der Waals surface area contributed by atoms with E-state index in [1.54, 1.807) is 0 Å². The van der Waals surface area contributed by atoms with Crippen molar-refractivity contribution in [2.45, 2.75) is 58.6 Å². The Hall–Kier alpha value is -2.76. The van der Waals surface area contributed by atoms with Crippen molar-refractivity contribution in [3.05, 3.63) is 41.7 Å². The first kappa shape index (κ1) is 25.3. The molecule has 3 heterocycles. The minimum atomic E-state index is -1.66. The van der Waals surface area contributed by atoms with Crippen LogP contribution in [0.4, 0.5) is 4.79 Å². The van der Waals surface area contributed by atoms with Crippen LogP contribution in [0.1, 0.15) is 50.7 Å². The van der Waals surface area contributed by atoms with Gasteiger partial charge in [0.2, 0.25) is 11.8 Å². The lowest BCUT2D eigenvalue weighted by Gasteiger charge is -2.44. The van der Waals surface area contributed by atoms with Crippen molar-refractivity contribution in [3.8, 4) is 17.5 Å². The Bertz CT molecular complexity index is 1060.